The molecule has 34 heavy (non-hydrogen) atoms. The third-order valence-corrected chi connectivity index (χ3v) is 7.80. The van der Waals surface area contributed by atoms with Gasteiger partial charge in [0.25, 0.3) is 5.92 Å². The zero-order valence-electron chi connectivity index (χ0n) is 19.9. The molecular weight excluding hydrogens is 545 g/mol. The number of hydrogen-bond acceptors (Lipinski definition) is 2. The molecule has 180 valence electrons. The molecule has 0 amide bonds. The van der Waals surface area contributed by atoms with E-state index in [0.717, 1.165) is 53.1 Å². The van der Waals surface area contributed by atoms with Crippen LogP contribution in [0.2, 0.25) is 0 Å². The number of carbonyl (C=O) groups excluding carboxylic acids is 1. The lowest BCUT2D eigenvalue weighted by molar-refractivity contribution is 0.0176. The molecule has 4 rings (SSSR count). The Hall–Kier alpha value is -2.22. The SMILES string of the molecule is C=C(C(=O)c1ccc(C(C)C)cc1I)[C@H]1CC[C@@H](Nc2cccc3cc(C(C)(F)F)cn23)CC1. The van der Waals surface area contributed by atoms with Crippen molar-refractivity contribution in [1.82, 2.24) is 4.40 Å². The highest BCUT2D eigenvalue weighted by molar-refractivity contribution is 14.1. The molecule has 1 fully saturated rings. The number of aromatic nitrogens is 1. The van der Waals surface area contributed by atoms with E-state index in [1.54, 1.807) is 4.40 Å². The van der Waals surface area contributed by atoms with E-state index in [-0.39, 0.29) is 23.3 Å². The summed E-state index contributed by atoms with van der Waals surface area (Å²) in [5.41, 5.74) is 3.41. The number of halogens is 3. The van der Waals surface area contributed by atoms with Crippen molar-refractivity contribution >= 4 is 39.7 Å². The summed E-state index contributed by atoms with van der Waals surface area (Å²) in [4.78, 5) is 13.2. The molecule has 3 aromatic rings. The van der Waals surface area contributed by atoms with E-state index in [2.05, 4.69) is 54.4 Å². The number of nitrogens with one attached hydrogen (secondary N) is 1. The van der Waals surface area contributed by atoms with E-state index in [0.29, 0.717) is 11.5 Å². The van der Waals surface area contributed by atoms with Crippen LogP contribution >= 0.6 is 22.6 Å². The van der Waals surface area contributed by atoms with Crippen molar-refractivity contribution in [2.75, 3.05) is 5.32 Å². The second-order valence-electron chi connectivity index (χ2n) is 9.76. The fourth-order valence-electron chi connectivity index (χ4n) is 4.72. The highest BCUT2D eigenvalue weighted by Crippen LogP contribution is 2.34. The number of rotatable bonds is 7. The lowest BCUT2D eigenvalue weighted by Crippen LogP contribution is -2.28. The third kappa shape index (κ3) is 5.21. The van der Waals surface area contributed by atoms with Gasteiger partial charge in [0.05, 0.1) is 0 Å². The number of benzene rings is 1. The quantitative estimate of drug-likeness (QED) is 0.175. The third-order valence-electron chi connectivity index (χ3n) is 6.91. The molecule has 3 nitrogen and oxygen atoms in total. The van der Waals surface area contributed by atoms with Crippen LogP contribution in [0.15, 0.2) is 60.8 Å². The molecule has 0 aliphatic heterocycles. The van der Waals surface area contributed by atoms with Crippen LogP contribution < -0.4 is 5.32 Å². The zero-order valence-corrected chi connectivity index (χ0v) is 22.0. The van der Waals surface area contributed by atoms with Crippen molar-refractivity contribution in [1.29, 1.82) is 0 Å². The topological polar surface area (TPSA) is 33.5 Å². The maximum absolute atomic E-state index is 13.8. The summed E-state index contributed by atoms with van der Waals surface area (Å²) in [5, 5.41) is 3.54. The predicted molar refractivity (Wildman–Crippen MR) is 143 cm³/mol. The van der Waals surface area contributed by atoms with Gasteiger partial charge in [-0.1, -0.05) is 32.6 Å². The summed E-state index contributed by atoms with van der Waals surface area (Å²) < 4.78 is 30.4. The molecule has 0 atom stereocenters. The van der Waals surface area contributed by atoms with Gasteiger partial charge in [-0.05, 0) is 102 Å². The van der Waals surface area contributed by atoms with Crippen molar-refractivity contribution in [2.45, 2.75) is 64.3 Å². The number of carbonyl (C=O) groups is 1. The van der Waals surface area contributed by atoms with Crippen molar-refractivity contribution in [3.8, 4) is 0 Å². The Morgan fingerprint density at radius 3 is 2.47 bits per heavy atom. The first-order valence-electron chi connectivity index (χ1n) is 11.8. The maximum Gasteiger partial charge on any atom is 0.272 e. The van der Waals surface area contributed by atoms with Crippen molar-refractivity contribution in [3.63, 3.8) is 0 Å². The Kier molecular flexibility index (Phi) is 7.17. The lowest BCUT2D eigenvalue weighted by Gasteiger charge is -2.30. The molecule has 2 heterocycles. The van der Waals surface area contributed by atoms with E-state index in [1.165, 1.54) is 17.8 Å². The van der Waals surface area contributed by atoms with Crippen LogP contribution in [-0.4, -0.2) is 16.2 Å². The van der Waals surface area contributed by atoms with Crippen molar-refractivity contribution < 1.29 is 13.6 Å². The van der Waals surface area contributed by atoms with Crippen LogP contribution in [0.1, 0.15) is 73.9 Å². The number of alkyl halides is 2. The van der Waals surface area contributed by atoms with Gasteiger partial charge in [0.1, 0.15) is 5.82 Å². The minimum absolute atomic E-state index is 0.0105. The molecular formula is C28H31F2IN2O. The smallest absolute Gasteiger partial charge is 0.272 e. The van der Waals surface area contributed by atoms with Crippen LogP contribution in [0.5, 0.6) is 0 Å². The van der Waals surface area contributed by atoms with Crippen LogP contribution in [0.25, 0.3) is 5.52 Å². The monoisotopic (exact) mass is 576 g/mol. The fourth-order valence-corrected chi connectivity index (χ4v) is 5.51. The molecule has 1 aliphatic rings. The Labute approximate surface area is 213 Å². The van der Waals surface area contributed by atoms with Gasteiger partial charge in [0, 0.05) is 39.4 Å². The van der Waals surface area contributed by atoms with Crippen LogP contribution in [0.3, 0.4) is 0 Å². The van der Waals surface area contributed by atoms with E-state index in [1.807, 2.05) is 30.3 Å². The van der Waals surface area contributed by atoms with Crippen molar-refractivity contribution in [2.24, 2.45) is 5.92 Å². The Morgan fingerprint density at radius 2 is 1.85 bits per heavy atom. The van der Waals surface area contributed by atoms with Gasteiger partial charge in [-0.2, -0.15) is 0 Å². The average Bonchev–Trinajstić information content (AvgIpc) is 3.25. The molecule has 0 bridgehead atoms. The molecule has 1 aliphatic carbocycles. The minimum Gasteiger partial charge on any atom is -0.368 e. The second kappa shape index (κ2) is 9.80. The number of nitrogens with zero attached hydrogens (tertiary/aromatic N) is 1. The lowest BCUT2D eigenvalue weighted by atomic mass is 9.79. The number of Topliss-reactive ketones (excluding diaryl/α,β-unsaturated/α-hetero) is 1. The van der Waals surface area contributed by atoms with Gasteiger partial charge in [0.15, 0.2) is 5.78 Å². The highest BCUT2D eigenvalue weighted by atomic mass is 127. The molecule has 2 aromatic heterocycles. The number of hydrogen-bond donors (Lipinski definition) is 1. The summed E-state index contributed by atoms with van der Waals surface area (Å²) in [5.74, 6) is -1.43. The van der Waals surface area contributed by atoms with Crippen LogP contribution in [0.4, 0.5) is 14.6 Å². The van der Waals surface area contributed by atoms with Gasteiger partial charge < -0.3 is 9.72 Å². The maximum atomic E-state index is 13.8. The number of pyridine rings is 1. The Bertz CT molecular complexity index is 1220. The molecule has 0 spiro atoms. The van der Waals surface area contributed by atoms with Gasteiger partial charge >= 0.3 is 0 Å². The first kappa shape index (κ1) is 24.9. The van der Waals surface area contributed by atoms with Crippen LogP contribution in [-0.2, 0) is 5.92 Å². The Morgan fingerprint density at radius 1 is 1.15 bits per heavy atom. The number of allylic oxidation sites excluding steroid dienone is 1. The number of fused-ring (bicyclic) bond motifs is 1. The van der Waals surface area contributed by atoms with Gasteiger partial charge in [0.2, 0.25) is 0 Å². The number of ketones is 1. The average molecular weight is 576 g/mol. The summed E-state index contributed by atoms with van der Waals surface area (Å²) >= 11 is 2.25. The molecule has 0 unspecified atom stereocenters. The van der Waals surface area contributed by atoms with Gasteiger partial charge in [-0.25, -0.2) is 8.78 Å². The van der Waals surface area contributed by atoms with Gasteiger partial charge in [-0.3, -0.25) is 4.79 Å². The first-order valence-corrected chi connectivity index (χ1v) is 12.9. The zero-order chi connectivity index (χ0) is 24.6. The molecule has 1 N–H and O–H groups in total. The summed E-state index contributed by atoms with van der Waals surface area (Å²) in [6.45, 7) is 9.39. The predicted octanol–water partition coefficient (Wildman–Crippen LogP) is 8.19. The molecule has 0 saturated heterocycles. The standard InChI is InChI=1S/C28H31F2IN2O/c1-17(2)20-10-13-24(25(31)14-20)27(34)18(3)19-8-11-22(12-9-19)32-26-7-5-6-23-15-21(16-33(23)26)28(4,29)30/h5-7,10,13-17,19,22,32H,3,8-9,11-12H2,1-2,4H3/t19-,22+. The number of anilines is 1. The normalized spacial score (nSPS) is 18.9. The molecule has 1 aromatic carbocycles. The second-order valence-corrected chi connectivity index (χ2v) is 10.9. The van der Waals surface area contributed by atoms with E-state index >= 15 is 0 Å². The summed E-state index contributed by atoms with van der Waals surface area (Å²) in [6, 6.07) is 13.5. The molecule has 1 saturated carbocycles. The largest absolute Gasteiger partial charge is 0.368 e. The molecule has 6 heteroatoms. The van der Waals surface area contributed by atoms with Gasteiger partial charge in [-0.15, -0.1) is 0 Å². The van der Waals surface area contributed by atoms with Crippen LogP contribution in [0, 0.1) is 9.49 Å². The summed E-state index contributed by atoms with van der Waals surface area (Å²) in [6.07, 6.45) is 5.06. The molecule has 0 radical (unpaired) electrons. The first-order chi connectivity index (χ1) is 16.0. The van der Waals surface area contributed by atoms with E-state index in [9.17, 15) is 13.6 Å². The van der Waals surface area contributed by atoms with E-state index < -0.39 is 5.92 Å². The minimum atomic E-state index is -2.87. The summed E-state index contributed by atoms with van der Waals surface area (Å²) in [7, 11) is 0. The fraction of sp³-hybridized carbons (Fsp3) is 0.393. The van der Waals surface area contributed by atoms with E-state index in [4.69, 9.17) is 0 Å². The highest BCUT2D eigenvalue weighted by Gasteiger charge is 2.29. The Balaban J connectivity index is 1.40. The van der Waals surface area contributed by atoms with Crippen molar-refractivity contribution in [3.05, 3.63) is 81.1 Å².